The summed E-state index contributed by atoms with van der Waals surface area (Å²) >= 11 is 0. The minimum atomic E-state index is -3.02. The zero-order valence-corrected chi connectivity index (χ0v) is 13.3. The van der Waals surface area contributed by atoms with Gasteiger partial charge in [-0.2, -0.15) is 0 Å². The molecule has 0 aromatic carbocycles. The van der Waals surface area contributed by atoms with Crippen LogP contribution in [-0.2, 0) is 10.0 Å². The highest BCUT2D eigenvalue weighted by molar-refractivity contribution is 7.89. The zero-order chi connectivity index (χ0) is 14.1. The van der Waals surface area contributed by atoms with Gasteiger partial charge in [0.15, 0.2) is 0 Å². The number of rotatable bonds is 9. The van der Waals surface area contributed by atoms with Crippen molar-refractivity contribution in [2.45, 2.75) is 52.4 Å². The largest absolute Gasteiger partial charge is 0.317 e. The van der Waals surface area contributed by atoms with Crippen molar-refractivity contribution in [2.24, 2.45) is 5.92 Å². The third-order valence-electron chi connectivity index (χ3n) is 3.85. The highest BCUT2D eigenvalue weighted by atomic mass is 32.2. The average molecular weight is 290 g/mol. The third kappa shape index (κ3) is 6.23. The smallest absolute Gasteiger partial charge is 0.214 e. The molecule has 0 radical (unpaired) electrons. The zero-order valence-electron chi connectivity index (χ0n) is 12.5. The van der Waals surface area contributed by atoms with Crippen LogP contribution in [0.2, 0.25) is 0 Å². The van der Waals surface area contributed by atoms with E-state index in [9.17, 15) is 8.42 Å². The van der Waals surface area contributed by atoms with Gasteiger partial charge in [-0.05, 0) is 44.7 Å². The standard InChI is InChI=1S/C14H30N2O2S/c1-3-6-14-7-11-16(12-8-14)19(17,18)13-5-10-15-9-4-2/h14-15H,3-13H2,1-2H3. The topological polar surface area (TPSA) is 49.4 Å². The number of nitrogens with one attached hydrogen (secondary N) is 1. The van der Waals surface area contributed by atoms with Gasteiger partial charge in [0.2, 0.25) is 10.0 Å². The van der Waals surface area contributed by atoms with Gasteiger partial charge < -0.3 is 5.32 Å². The van der Waals surface area contributed by atoms with Crippen LogP contribution >= 0.6 is 0 Å². The lowest BCUT2D eigenvalue weighted by Gasteiger charge is -2.31. The molecule has 0 spiro atoms. The normalized spacial score (nSPS) is 18.8. The lowest BCUT2D eigenvalue weighted by Crippen LogP contribution is -2.40. The maximum absolute atomic E-state index is 12.2. The van der Waals surface area contributed by atoms with E-state index in [1.807, 2.05) is 0 Å². The lowest BCUT2D eigenvalue weighted by molar-refractivity contribution is 0.262. The molecule has 0 aliphatic carbocycles. The molecule has 1 aliphatic rings. The summed E-state index contributed by atoms with van der Waals surface area (Å²) in [7, 11) is -3.02. The molecule has 1 fully saturated rings. The van der Waals surface area contributed by atoms with Crippen LogP contribution in [0.15, 0.2) is 0 Å². The summed E-state index contributed by atoms with van der Waals surface area (Å²) in [6.07, 6.45) is 6.35. The van der Waals surface area contributed by atoms with E-state index in [2.05, 4.69) is 19.2 Å². The van der Waals surface area contributed by atoms with E-state index >= 15 is 0 Å². The summed E-state index contributed by atoms with van der Waals surface area (Å²) in [5, 5.41) is 3.25. The monoisotopic (exact) mass is 290 g/mol. The molecule has 1 rings (SSSR count). The third-order valence-corrected chi connectivity index (χ3v) is 5.80. The average Bonchev–Trinajstić information content (AvgIpc) is 2.39. The summed E-state index contributed by atoms with van der Waals surface area (Å²) in [6.45, 7) is 7.56. The molecule has 5 heteroatoms. The van der Waals surface area contributed by atoms with E-state index in [4.69, 9.17) is 0 Å². The van der Waals surface area contributed by atoms with Gasteiger partial charge in [0.05, 0.1) is 5.75 Å². The van der Waals surface area contributed by atoms with Gasteiger partial charge in [-0.3, -0.25) is 0 Å². The number of nitrogens with zero attached hydrogens (tertiary/aromatic N) is 1. The Balaban J connectivity index is 2.26. The molecule has 0 bridgehead atoms. The van der Waals surface area contributed by atoms with Crippen LogP contribution in [0.4, 0.5) is 0 Å². The van der Waals surface area contributed by atoms with Crippen molar-refractivity contribution in [3.8, 4) is 0 Å². The van der Waals surface area contributed by atoms with E-state index in [0.29, 0.717) is 5.75 Å². The molecule has 0 atom stereocenters. The lowest BCUT2D eigenvalue weighted by atomic mass is 9.94. The van der Waals surface area contributed by atoms with Gasteiger partial charge in [0.25, 0.3) is 0 Å². The van der Waals surface area contributed by atoms with Crippen LogP contribution in [0.25, 0.3) is 0 Å². The number of piperidine rings is 1. The summed E-state index contributed by atoms with van der Waals surface area (Å²) in [6, 6.07) is 0. The van der Waals surface area contributed by atoms with E-state index < -0.39 is 10.0 Å². The van der Waals surface area contributed by atoms with Crippen LogP contribution in [0.3, 0.4) is 0 Å². The Morgan fingerprint density at radius 3 is 2.37 bits per heavy atom. The molecule has 0 aromatic heterocycles. The summed E-state index contributed by atoms with van der Waals surface area (Å²) in [4.78, 5) is 0. The van der Waals surface area contributed by atoms with Crippen molar-refractivity contribution >= 4 is 10.0 Å². The fraction of sp³-hybridized carbons (Fsp3) is 1.00. The Morgan fingerprint density at radius 2 is 1.79 bits per heavy atom. The Labute approximate surface area is 119 Å². The predicted molar refractivity (Wildman–Crippen MR) is 80.8 cm³/mol. The van der Waals surface area contributed by atoms with Gasteiger partial charge in [0.1, 0.15) is 0 Å². The highest BCUT2D eigenvalue weighted by Crippen LogP contribution is 2.23. The Hall–Kier alpha value is -0.130. The molecule has 0 unspecified atom stereocenters. The van der Waals surface area contributed by atoms with Crippen LogP contribution < -0.4 is 5.32 Å². The molecular formula is C14H30N2O2S. The maximum atomic E-state index is 12.2. The quantitative estimate of drug-likeness (QED) is 0.662. The van der Waals surface area contributed by atoms with Gasteiger partial charge in [-0.15, -0.1) is 0 Å². The molecule has 1 heterocycles. The molecule has 0 saturated carbocycles. The van der Waals surface area contributed by atoms with Crippen molar-refractivity contribution in [3.05, 3.63) is 0 Å². The Bertz CT molecular complexity index is 322. The van der Waals surface area contributed by atoms with Crippen molar-refractivity contribution in [2.75, 3.05) is 31.9 Å². The molecular weight excluding hydrogens is 260 g/mol. The number of sulfonamides is 1. The van der Waals surface area contributed by atoms with Crippen molar-refractivity contribution in [3.63, 3.8) is 0 Å². The van der Waals surface area contributed by atoms with Crippen LogP contribution in [-0.4, -0.2) is 44.7 Å². The highest BCUT2D eigenvalue weighted by Gasteiger charge is 2.26. The first-order valence-electron chi connectivity index (χ1n) is 7.78. The van der Waals surface area contributed by atoms with Crippen LogP contribution in [0, 0.1) is 5.92 Å². The second-order valence-corrected chi connectivity index (χ2v) is 7.64. The van der Waals surface area contributed by atoms with E-state index in [0.717, 1.165) is 57.8 Å². The number of hydrogen-bond acceptors (Lipinski definition) is 3. The minimum absolute atomic E-state index is 0.294. The van der Waals surface area contributed by atoms with Crippen LogP contribution in [0.1, 0.15) is 52.4 Å². The van der Waals surface area contributed by atoms with Gasteiger partial charge in [0, 0.05) is 13.1 Å². The van der Waals surface area contributed by atoms with Crippen LogP contribution in [0.5, 0.6) is 0 Å². The maximum Gasteiger partial charge on any atom is 0.214 e. The van der Waals surface area contributed by atoms with E-state index in [1.165, 1.54) is 12.8 Å². The SMILES string of the molecule is CCCNCCCS(=O)(=O)N1CCC(CCC)CC1. The summed E-state index contributed by atoms with van der Waals surface area (Å²) in [5.41, 5.74) is 0. The predicted octanol–water partition coefficient (Wildman–Crippen LogP) is 2.22. The van der Waals surface area contributed by atoms with Gasteiger partial charge in [-0.25, -0.2) is 12.7 Å². The molecule has 4 nitrogen and oxygen atoms in total. The Kier molecular flexibility index (Phi) is 7.95. The molecule has 1 N–H and O–H groups in total. The molecule has 19 heavy (non-hydrogen) atoms. The molecule has 1 saturated heterocycles. The first-order valence-corrected chi connectivity index (χ1v) is 9.39. The molecule has 114 valence electrons. The fourth-order valence-electron chi connectivity index (χ4n) is 2.69. The second-order valence-electron chi connectivity index (χ2n) is 5.55. The minimum Gasteiger partial charge on any atom is -0.317 e. The van der Waals surface area contributed by atoms with Gasteiger partial charge >= 0.3 is 0 Å². The van der Waals surface area contributed by atoms with E-state index in [-0.39, 0.29) is 0 Å². The van der Waals surface area contributed by atoms with Crippen molar-refractivity contribution < 1.29 is 8.42 Å². The summed E-state index contributed by atoms with van der Waals surface area (Å²) < 4.78 is 26.1. The summed E-state index contributed by atoms with van der Waals surface area (Å²) in [5.74, 6) is 1.03. The van der Waals surface area contributed by atoms with E-state index in [1.54, 1.807) is 4.31 Å². The van der Waals surface area contributed by atoms with Crippen molar-refractivity contribution in [1.29, 1.82) is 0 Å². The second kappa shape index (κ2) is 8.93. The van der Waals surface area contributed by atoms with Crippen molar-refractivity contribution in [1.82, 2.24) is 9.62 Å². The first-order chi connectivity index (χ1) is 9.10. The fourth-order valence-corrected chi connectivity index (χ4v) is 4.23. The number of hydrogen-bond donors (Lipinski definition) is 1. The first kappa shape index (κ1) is 16.9. The molecule has 0 amide bonds. The van der Waals surface area contributed by atoms with Gasteiger partial charge in [-0.1, -0.05) is 26.7 Å². The molecule has 0 aromatic rings. The molecule has 1 aliphatic heterocycles. The Morgan fingerprint density at radius 1 is 1.11 bits per heavy atom.